The molecule has 4 heteroatoms. The summed E-state index contributed by atoms with van der Waals surface area (Å²) in [5, 5.41) is 7.14. The third-order valence-electron chi connectivity index (χ3n) is 0.401. The molecule has 0 rings (SSSR count). The van der Waals surface area contributed by atoms with Crippen molar-refractivity contribution in [2.75, 3.05) is 7.11 Å². The molecule has 0 unspecified atom stereocenters. The van der Waals surface area contributed by atoms with Gasteiger partial charge in [-0.2, -0.15) is 0 Å². The summed E-state index contributed by atoms with van der Waals surface area (Å²) >= 11 is 2.72. The number of ether oxygens (including phenoxy) is 1. The van der Waals surface area contributed by atoms with Crippen molar-refractivity contribution in [1.29, 1.82) is 0 Å². The SMILES string of the molecule is CO[C@H](Br)C(=O)O. The zero-order valence-electron chi connectivity index (χ0n) is 3.72. The first-order valence-electron chi connectivity index (χ1n) is 1.58. The van der Waals surface area contributed by atoms with Crippen LogP contribution < -0.4 is 0 Å². The van der Waals surface area contributed by atoms with E-state index >= 15 is 0 Å². The van der Waals surface area contributed by atoms with E-state index in [1.54, 1.807) is 0 Å². The maximum absolute atomic E-state index is 9.76. The third kappa shape index (κ3) is 2.59. The van der Waals surface area contributed by atoms with Gasteiger partial charge in [0.1, 0.15) is 0 Å². The fraction of sp³-hybridized carbons (Fsp3) is 0.667. The minimum atomic E-state index is -1.01. The van der Waals surface area contributed by atoms with Crippen LogP contribution in [0, 0.1) is 0 Å². The van der Waals surface area contributed by atoms with Gasteiger partial charge in [-0.15, -0.1) is 0 Å². The molecule has 0 aromatic carbocycles. The minimum absolute atomic E-state index is 0.868. The summed E-state index contributed by atoms with van der Waals surface area (Å²) in [6.07, 6.45) is 0. The van der Waals surface area contributed by atoms with Gasteiger partial charge in [-0.3, -0.25) is 0 Å². The molecule has 42 valence electrons. The molecule has 0 radical (unpaired) electrons. The highest BCUT2D eigenvalue weighted by atomic mass is 79.9. The van der Waals surface area contributed by atoms with Crippen LogP contribution in [0.25, 0.3) is 0 Å². The number of methoxy groups -OCH3 is 1. The quantitative estimate of drug-likeness (QED) is 0.610. The molecule has 0 saturated heterocycles. The van der Waals surface area contributed by atoms with Crippen LogP contribution in [0.2, 0.25) is 0 Å². The molecule has 0 amide bonds. The van der Waals surface area contributed by atoms with E-state index in [1.807, 2.05) is 0 Å². The van der Waals surface area contributed by atoms with Crippen LogP contribution in [0.1, 0.15) is 0 Å². The lowest BCUT2D eigenvalue weighted by molar-refractivity contribution is -0.142. The molecular formula is C3H5BrO3. The van der Waals surface area contributed by atoms with Crippen molar-refractivity contribution in [3.05, 3.63) is 0 Å². The first-order chi connectivity index (χ1) is 3.18. The zero-order valence-corrected chi connectivity index (χ0v) is 5.31. The van der Waals surface area contributed by atoms with Gasteiger partial charge in [0, 0.05) is 7.11 Å². The Bertz CT molecular complexity index is 72.6. The summed E-state index contributed by atoms with van der Waals surface area (Å²) in [5.74, 6) is -1.01. The summed E-state index contributed by atoms with van der Waals surface area (Å²) in [7, 11) is 1.31. The van der Waals surface area contributed by atoms with Gasteiger partial charge < -0.3 is 9.84 Å². The van der Waals surface area contributed by atoms with Crippen LogP contribution in [0.5, 0.6) is 0 Å². The van der Waals surface area contributed by atoms with Crippen molar-refractivity contribution in [3.8, 4) is 0 Å². The molecule has 0 aromatic heterocycles. The Kier molecular flexibility index (Phi) is 2.95. The number of alkyl halides is 1. The molecule has 0 saturated carbocycles. The van der Waals surface area contributed by atoms with Crippen LogP contribution in [0.3, 0.4) is 0 Å². The molecule has 0 bridgehead atoms. The van der Waals surface area contributed by atoms with Crippen molar-refractivity contribution in [1.82, 2.24) is 0 Å². The van der Waals surface area contributed by atoms with Crippen LogP contribution in [0.4, 0.5) is 0 Å². The summed E-state index contributed by atoms with van der Waals surface area (Å²) in [4.78, 5) is 9.76. The lowest BCUT2D eigenvalue weighted by atomic mass is 10.7. The number of hydrogen-bond donors (Lipinski definition) is 1. The molecule has 0 spiro atoms. The summed E-state index contributed by atoms with van der Waals surface area (Å²) in [5.41, 5.74) is 0. The summed E-state index contributed by atoms with van der Waals surface area (Å²) in [6, 6.07) is 0. The first kappa shape index (κ1) is 6.91. The molecule has 3 nitrogen and oxygen atoms in total. The van der Waals surface area contributed by atoms with Gasteiger partial charge in [-0.25, -0.2) is 4.79 Å². The van der Waals surface area contributed by atoms with E-state index < -0.39 is 11.0 Å². The highest BCUT2D eigenvalue weighted by molar-refractivity contribution is 9.09. The van der Waals surface area contributed by atoms with E-state index in [9.17, 15) is 4.79 Å². The van der Waals surface area contributed by atoms with Crippen LogP contribution >= 0.6 is 15.9 Å². The predicted molar refractivity (Wildman–Crippen MR) is 27.4 cm³/mol. The lowest BCUT2D eigenvalue weighted by Crippen LogP contribution is -2.13. The van der Waals surface area contributed by atoms with Gasteiger partial charge in [0.2, 0.25) is 5.01 Å². The Morgan fingerprint density at radius 3 is 2.43 bits per heavy atom. The maximum Gasteiger partial charge on any atom is 0.343 e. The fourth-order valence-corrected chi connectivity index (χ4v) is 0.101. The molecular weight excluding hydrogens is 164 g/mol. The second-order valence-electron chi connectivity index (χ2n) is 0.890. The van der Waals surface area contributed by atoms with Gasteiger partial charge in [0.25, 0.3) is 0 Å². The van der Waals surface area contributed by atoms with Gasteiger partial charge in [-0.05, 0) is 15.9 Å². The molecule has 0 aliphatic carbocycles. The molecule has 0 aliphatic heterocycles. The standard InChI is InChI=1S/C3H5BrO3/c1-7-2(4)3(5)6/h2H,1H3,(H,5,6)/t2-/m0/s1. The normalized spacial score (nSPS) is 13.4. The second-order valence-corrected chi connectivity index (χ2v) is 1.72. The average Bonchev–Trinajstić information content (AvgIpc) is 1.65. The van der Waals surface area contributed by atoms with Gasteiger partial charge in [-0.1, -0.05) is 0 Å². The molecule has 7 heavy (non-hydrogen) atoms. The van der Waals surface area contributed by atoms with E-state index in [4.69, 9.17) is 5.11 Å². The molecule has 0 fully saturated rings. The Morgan fingerprint density at radius 1 is 2.00 bits per heavy atom. The third-order valence-corrected chi connectivity index (χ3v) is 1.17. The largest absolute Gasteiger partial charge is 0.479 e. The number of carboxylic acids is 1. The maximum atomic E-state index is 9.76. The second kappa shape index (κ2) is 2.98. The van der Waals surface area contributed by atoms with Crippen LogP contribution in [-0.2, 0) is 9.53 Å². The Labute approximate surface area is 49.4 Å². The molecule has 1 atom stereocenters. The summed E-state index contributed by atoms with van der Waals surface area (Å²) in [6.45, 7) is 0. The van der Waals surface area contributed by atoms with E-state index in [-0.39, 0.29) is 0 Å². The van der Waals surface area contributed by atoms with Crippen LogP contribution in [-0.4, -0.2) is 23.2 Å². The molecule has 1 N–H and O–H groups in total. The Balaban J connectivity index is 3.34. The fourth-order valence-electron chi connectivity index (χ4n) is 0.101. The predicted octanol–water partition coefficient (Wildman–Crippen LogP) is 0.438. The van der Waals surface area contributed by atoms with Gasteiger partial charge in [0.05, 0.1) is 0 Å². The number of carboxylic acid groups (broad SMARTS) is 1. The van der Waals surface area contributed by atoms with Crippen molar-refractivity contribution in [2.24, 2.45) is 0 Å². The molecule has 0 aromatic rings. The Morgan fingerprint density at radius 2 is 2.43 bits per heavy atom. The Hall–Kier alpha value is -0.0900. The minimum Gasteiger partial charge on any atom is -0.479 e. The van der Waals surface area contributed by atoms with Gasteiger partial charge in [0.15, 0.2) is 0 Å². The highest BCUT2D eigenvalue weighted by Crippen LogP contribution is 1.97. The number of aliphatic carboxylic acids is 1. The van der Waals surface area contributed by atoms with Crippen LogP contribution in [0.15, 0.2) is 0 Å². The molecule has 0 heterocycles. The van der Waals surface area contributed by atoms with E-state index in [2.05, 4.69) is 20.7 Å². The van der Waals surface area contributed by atoms with E-state index in [1.165, 1.54) is 7.11 Å². The summed E-state index contributed by atoms with van der Waals surface area (Å²) < 4.78 is 4.33. The lowest BCUT2D eigenvalue weighted by Gasteiger charge is -1.96. The van der Waals surface area contributed by atoms with E-state index in [0.29, 0.717) is 0 Å². The monoisotopic (exact) mass is 168 g/mol. The van der Waals surface area contributed by atoms with Gasteiger partial charge >= 0.3 is 5.97 Å². The topological polar surface area (TPSA) is 46.5 Å². The van der Waals surface area contributed by atoms with Crippen molar-refractivity contribution in [2.45, 2.75) is 5.01 Å². The molecule has 0 aliphatic rings. The highest BCUT2D eigenvalue weighted by Gasteiger charge is 2.08. The average molecular weight is 169 g/mol. The number of rotatable bonds is 2. The van der Waals surface area contributed by atoms with Crippen molar-refractivity contribution < 1.29 is 14.6 Å². The zero-order chi connectivity index (χ0) is 5.86. The van der Waals surface area contributed by atoms with E-state index in [0.717, 1.165) is 0 Å². The number of hydrogen-bond acceptors (Lipinski definition) is 2. The smallest absolute Gasteiger partial charge is 0.343 e. The number of halogens is 1. The first-order valence-corrected chi connectivity index (χ1v) is 2.49. The van der Waals surface area contributed by atoms with Crippen molar-refractivity contribution in [3.63, 3.8) is 0 Å². The number of carbonyl (C=O) groups is 1. The van der Waals surface area contributed by atoms with Crippen molar-refractivity contribution >= 4 is 21.9 Å².